The van der Waals surface area contributed by atoms with Gasteiger partial charge in [-0.25, -0.2) is 0 Å². The van der Waals surface area contributed by atoms with E-state index in [1.165, 1.54) is 0 Å². The Morgan fingerprint density at radius 2 is 2.30 bits per heavy atom. The minimum atomic E-state index is -0.0775. The summed E-state index contributed by atoms with van der Waals surface area (Å²) in [5.74, 6) is 0. The van der Waals surface area contributed by atoms with Crippen molar-refractivity contribution in [2.45, 2.75) is 18.2 Å². The number of nitrogens with zero attached hydrogens (tertiary/aromatic N) is 1. The third-order valence-electron chi connectivity index (χ3n) is 1.55. The summed E-state index contributed by atoms with van der Waals surface area (Å²) in [4.78, 5) is 4.04. The van der Waals surface area contributed by atoms with Crippen LogP contribution in [0.2, 0.25) is 0 Å². The lowest BCUT2D eigenvalue weighted by Crippen LogP contribution is -2.16. The predicted molar refractivity (Wildman–Crippen MR) is 46.2 cm³/mol. The maximum Gasteiger partial charge on any atom is 0.0908 e. The van der Waals surface area contributed by atoms with Gasteiger partial charge in [0.25, 0.3) is 0 Å². The number of hydrogen-bond donors (Lipinski definition) is 0. The summed E-state index contributed by atoms with van der Waals surface area (Å²) in [7, 11) is 1.76. The lowest BCUT2D eigenvalue weighted by atomic mass is 10.1. The van der Waals surface area contributed by atoms with E-state index in [0.29, 0.717) is 0 Å². The highest BCUT2D eigenvalue weighted by Gasteiger charge is 2.15. The fourth-order valence-electron chi connectivity index (χ4n) is 0.959. The zero-order valence-corrected chi connectivity index (χ0v) is 7.28. The Morgan fingerprint density at radius 3 is 2.80 bits per heavy atom. The number of hydrogen-bond acceptors (Lipinski definition) is 1. The fourth-order valence-corrected chi connectivity index (χ4v) is 1.60. The molecular formula is C7H9Cl2N. The van der Waals surface area contributed by atoms with Crippen LogP contribution < -0.4 is 0 Å². The van der Waals surface area contributed by atoms with Gasteiger partial charge in [0.2, 0.25) is 0 Å². The summed E-state index contributed by atoms with van der Waals surface area (Å²) in [5.41, 5.74) is 1.03. The topological polar surface area (TPSA) is 12.4 Å². The van der Waals surface area contributed by atoms with E-state index in [1.807, 2.05) is 6.08 Å². The number of halogens is 2. The third kappa shape index (κ3) is 1.74. The van der Waals surface area contributed by atoms with Crippen molar-refractivity contribution in [1.82, 2.24) is 0 Å². The van der Waals surface area contributed by atoms with Gasteiger partial charge in [-0.2, -0.15) is 0 Å². The normalized spacial score (nSPS) is 30.5. The molecule has 0 aliphatic heterocycles. The van der Waals surface area contributed by atoms with Gasteiger partial charge >= 0.3 is 0 Å². The van der Waals surface area contributed by atoms with Gasteiger partial charge in [0, 0.05) is 17.8 Å². The van der Waals surface area contributed by atoms with Crippen molar-refractivity contribution in [3.8, 4) is 0 Å². The number of alkyl halides is 1. The summed E-state index contributed by atoms with van der Waals surface area (Å²) in [6.45, 7) is 0. The second-order valence-electron chi connectivity index (χ2n) is 2.23. The van der Waals surface area contributed by atoms with E-state index in [2.05, 4.69) is 4.99 Å². The van der Waals surface area contributed by atoms with Gasteiger partial charge in [0.1, 0.15) is 0 Å². The fraction of sp³-hybridized carbons (Fsp3) is 0.571. The molecule has 0 spiro atoms. The van der Waals surface area contributed by atoms with E-state index < -0.39 is 0 Å². The second kappa shape index (κ2) is 3.40. The standard InChI is InChI=1S/C7H9Cl2N/c1-10-7-3-2-5(8)4-6(7)9/h4,6H,2-3H2,1H3. The molecule has 1 nitrogen and oxygen atoms in total. The lowest BCUT2D eigenvalue weighted by Gasteiger charge is -2.14. The molecule has 0 aromatic heterocycles. The molecule has 0 aromatic rings. The van der Waals surface area contributed by atoms with E-state index in [4.69, 9.17) is 23.2 Å². The zero-order valence-electron chi connectivity index (χ0n) is 5.77. The van der Waals surface area contributed by atoms with Gasteiger partial charge in [-0.1, -0.05) is 11.6 Å². The van der Waals surface area contributed by atoms with Crippen molar-refractivity contribution in [3.05, 3.63) is 11.1 Å². The van der Waals surface area contributed by atoms with Crippen LogP contribution in [0.3, 0.4) is 0 Å². The van der Waals surface area contributed by atoms with Crippen LogP contribution in [-0.2, 0) is 0 Å². The molecule has 1 aliphatic rings. The first-order valence-corrected chi connectivity index (χ1v) is 4.01. The molecule has 1 atom stereocenters. The maximum absolute atomic E-state index is 5.89. The Bertz CT molecular complexity index is 184. The number of rotatable bonds is 0. The first-order valence-electron chi connectivity index (χ1n) is 3.20. The Morgan fingerprint density at radius 1 is 1.60 bits per heavy atom. The van der Waals surface area contributed by atoms with Crippen LogP contribution in [0.25, 0.3) is 0 Å². The van der Waals surface area contributed by atoms with E-state index in [-0.39, 0.29) is 5.38 Å². The molecule has 0 amide bonds. The second-order valence-corrected chi connectivity index (χ2v) is 3.19. The molecular weight excluding hydrogens is 169 g/mol. The van der Waals surface area contributed by atoms with Gasteiger partial charge in [-0.15, -0.1) is 11.6 Å². The van der Waals surface area contributed by atoms with Gasteiger partial charge < -0.3 is 0 Å². The third-order valence-corrected chi connectivity index (χ3v) is 2.25. The van der Waals surface area contributed by atoms with Crippen LogP contribution in [0.15, 0.2) is 16.1 Å². The molecule has 0 N–H and O–H groups in total. The first-order chi connectivity index (χ1) is 4.74. The molecule has 56 valence electrons. The minimum absolute atomic E-state index is 0.0775. The Hall–Kier alpha value is -0.0100. The number of allylic oxidation sites excluding steroid dienone is 2. The van der Waals surface area contributed by atoms with Crippen molar-refractivity contribution in [1.29, 1.82) is 0 Å². The van der Waals surface area contributed by atoms with Crippen molar-refractivity contribution in [2.24, 2.45) is 4.99 Å². The van der Waals surface area contributed by atoms with Gasteiger partial charge in [0.15, 0.2) is 0 Å². The molecule has 1 rings (SSSR count). The van der Waals surface area contributed by atoms with Crippen molar-refractivity contribution in [3.63, 3.8) is 0 Å². The molecule has 0 aromatic carbocycles. The summed E-state index contributed by atoms with van der Waals surface area (Å²) >= 11 is 11.6. The SMILES string of the molecule is CN=C1CCC(Cl)=CC1Cl. The Balaban J connectivity index is 2.73. The average molecular weight is 178 g/mol. The molecule has 0 radical (unpaired) electrons. The Kier molecular flexibility index (Phi) is 2.75. The minimum Gasteiger partial charge on any atom is -0.296 e. The monoisotopic (exact) mass is 177 g/mol. The predicted octanol–water partition coefficient (Wildman–Crippen LogP) is 2.58. The van der Waals surface area contributed by atoms with Crippen molar-refractivity contribution in [2.75, 3.05) is 7.05 Å². The van der Waals surface area contributed by atoms with Crippen LogP contribution in [0.4, 0.5) is 0 Å². The molecule has 0 heterocycles. The van der Waals surface area contributed by atoms with Crippen LogP contribution in [0.5, 0.6) is 0 Å². The van der Waals surface area contributed by atoms with Crippen molar-refractivity contribution >= 4 is 28.9 Å². The summed E-state index contributed by atoms with van der Waals surface area (Å²) < 4.78 is 0. The number of aliphatic imine (C=N–C) groups is 1. The summed E-state index contributed by atoms with van der Waals surface area (Å²) in [6, 6.07) is 0. The van der Waals surface area contributed by atoms with E-state index in [1.54, 1.807) is 7.05 Å². The average Bonchev–Trinajstić information content (AvgIpc) is 1.88. The molecule has 0 saturated carbocycles. The molecule has 1 aliphatic carbocycles. The van der Waals surface area contributed by atoms with Crippen LogP contribution in [0.1, 0.15) is 12.8 Å². The highest BCUT2D eigenvalue weighted by Crippen LogP contribution is 2.22. The molecule has 1 unspecified atom stereocenters. The van der Waals surface area contributed by atoms with Gasteiger partial charge in [-0.05, 0) is 18.9 Å². The molecule has 0 saturated heterocycles. The zero-order chi connectivity index (χ0) is 7.56. The van der Waals surface area contributed by atoms with E-state index in [0.717, 1.165) is 23.6 Å². The smallest absolute Gasteiger partial charge is 0.0908 e. The maximum atomic E-state index is 5.89. The van der Waals surface area contributed by atoms with Gasteiger partial charge in [-0.3, -0.25) is 4.99 Å². The summed E-state index contributed by atoms with van der Waals surface area (Å²) in [6.07, 6.45) is 3.63. The Labute approximate surface area is 70.7 Å². The summed E-state index contributed by atoms with van der Waals surface area (Å²) in [5, 5.41) is 0.777. The highest BCUT2D eigenvalue weighted by molar-refractivity contribution is 6.37. The first kappa shape index (κ1) is 8.09. The van der Waals surface area contributed by atoms with E-state index in [9.17, 15) is 0 Å². The molecule has 3 heteroatoms. The van der Waals surface area contributed by atoms with Crippen LogP contribution in [-0.4, -0.2) is 18.1 Å². The highest BCUT2D eigenvalue weighted by atomic mass is 35.5. The molecule has 0 bridgehead atoms. The molecule has 0 fully saturated rings. The lowest BCUT2D eigenvalue weighted by molar-refractivity contribution is 1.00. The van der Waals surface area contributed by atoms with Crippen molar-refractivity contribution < 1.29 is 0 Å². The molecule has 10 heavy (non-hydrogen) atoms. The van der Waals surface area contributed by atoms with E-state index >= 15 is 0 Å². The largest absolute Gasteiger partial charge is 0.296 e. The van der Waals surface area contributed by atoms with Gasteiger partial charge in [0.05, 0.1) is 5.38 Å². The quantitative estimate of drug-likeness (QED) is 0.505. The van der Waals surface area contributed by atoms with Crippen LogP contribution >= 0.6 is 23.2 Å². The van der Waals surface area contributed by atoms with Crippen LogP contribution in [0, 0.1) is 0 Å².